The first kappa shape index (κ1) is 18.3. The minimum Gasteiger partial charge on any atom is -0.393 e. The Kier molecular flexibility index (Phi) is 6.27. The predicted octanol–water partition coefficient (Wildman–Crippen LogP) is 3.11. The van der Waals surface area contributed by atoms with Gasteiger partial charge in [-0.2, -0.15) is 13.2 Å². The number of aliphatic hydroxyl groups excluding tert-OH is 1. The summed E-state index contributed by atoms with van der Waals surface area (Å²) in [5.41, 5.74) is -0.257. The lowest BCUT2D eigenvalue weighted by Crippen LogP contribution is -2.32. The molecule has 0 heterocycles. The molecular formula is C18H20F3NO2. The van der Waals surface area contributed by atoms with Crippen molar-refractivity contribution in [1.29, 1.82) is 0 Å². The zero-order valence-corrected chi connectivity index (χ0v) is 13.2. The highest BCUT2D eigenvalue weighted by Crippen LogP contribution is 2.29. The summed E-state index contributed by atoms with van der Waals surface area (Å²) < 4.78 is 37.3. The molecule has 0 bridgehead atoms. The predicted molar refractivity (Wildman–Crippen MR) is 83.9 cm³/mol. The molecule has 3 nitrogen and oxygen atoms in total. The highest BCUT2D eigenvalue weighted by Gasteiger charge is 2.29. The lowest BCUT2D eigenvalue weighted by molar-refractivity contribution is -0.137. The van der Waals surface area contributed by atoms with Gasteiger partial charge in [0.05, 0.1) is 18.2 Å². The van der Waals surface area contributed by atoms with E-state index in [0.29, 0.717) is 5.56 Å². The van der Waals surface area contributed by atoms with Gasteiger partial charge in [0.2, 0.25) is 5.91 Å². The number of carbonyl (C=O) groups is 1. The molecule has 1 aliphatic carbocycles. The van der Waals surface area contributed by atoms with Crippen LogP contribution in [0.2, 0.25) is 0 Å². The van der Waals surface area contributed by atoms with Gasteiger partial charge in [-0.05, 0) is 43.0 Å². The third kappa shape index (κ3) is 5.57. The second-order valence-corrected chi connectivity index (χ2v) is 5.97. The topological polar surface area (TPSA) is 49.3 Å². The molecule has 0 spiro atoms. The molecule has 2 rings (SSSR count). The number of rotatable bonds is 3. The molecule has 1 saturated carbocycles. The molecule has 0 aliphatic heterocycles. The summed E-state index contributed by atoms with van der Waals surface area (Å²) in [6.45, 7) is 0.128. The van der Waals surface area contributed by atoms with Crippen LogP contribution in [0.1, 0.15) is 43.2 Å². The first-order valence-electron chi connectivity index (χ1n) is 7.97. The monoisotopic (exact) mass is 339 g/mol. The third-order valence-electron chi connectivity index (χ3n) is 4.14. The Balaban J connectivity index is 1.78. The number of amides is 1. The maximum Gasteiger partial charge on any atom is 0.416 e. The number of carbonyl (C=O) groups excluding carboxylic acids is 1. The zero-order valence-electron chi connectivity index (χ0n) is 13.2. The van der Waals surface area contributed by atoms with Crippen LogP contribution in [0.15, 0.2) is 24.3 Å². The van der Waals surface area contributed by atoms with Crippen LogP contribution >= 0.6 is 0 Å². The smallest absolute Gasteiger partial charge is 0.393 e. The largest absolute Gasteiger partial charge is 0.416 e. The van der Waals surface area contributed by atoms with Crippen molar-refractivity contribution in [3.63, 3.8) is 0 Å². The molecule has 1 amide bonds. The Bertz CT molecular complexity index is 614. The highest BCUT2D eigenvalue weighted by atomic mass is 19.4. The van der Waals surface area contributed by atoms with Gasteiger partial charge in [0.15, 0.2) is 0 Å². The van der Waals surface area contributed by atoms with Crippen molar-refractivity contribution in [1.82, 2.24) is 5.32 Å². The third-order valence-corrected chi connectivity index (χ3v) is 4.14. The fourth-order valence-corrected chi connectivity index (χ4v) is 2.77. The maximum absolute atomic E-state index is 12.4. The van der Waals surface area contributed by atoms with Gasteiger partial charge in [-0.3, -0.25) is 4.79 Å². The van der Waals surface area contributed by atoms with Crippen molar-refractivity contribution in [3.8, 4) is 11.8 Å². The number of alkyl halides is 3. The molecule has 0 radical (unpaired) electrons. The van der Waals surface area contributed by atoms with E-state index in [1.54, 1.807) is 0 Å². The SMILES string of the molecule is O=C(C[C@H]1CCCC[C@@H]1O)NCC#Cc1ccc(C(F)(F)F)cc1. The Labute approximate surface area is 139 Å². The zero-order chi connectivity index (χ0) is 17.6. The van der Waals surface area contributed by atoms with Gasteiger partial charge in [0, 0.05) is 12.0 Å². The van der Waals surface area contributed by atoms with Crippen molar-refractivity contribution in [2.45, 2.75) is 44.4 Å². The molecule has 6 heteroatoms. The number of hydrogen-bond acceptors (Lipinski definition) is 2. The van der Waals surface area contributed by atoms with E-state index < -0.39 is 17.8 Å². The van der Waals surface area contributed by atoms with Gasteiger partial charge in [-0.25, -0.2) is 0 Å². The van der Waals surface area contributed by atoms with Crippen molar-refractivity contribution in [2.75, 3.05) is 6.54 Å². The summed E-state index contributed by atoms with van der Waals surface area (Å²) in [5, 5.41) is 12.5. The van der Waals surface area contributed by atoms with Crippen LogP contribution in [0.25, 0.3) is 0 Å². The number of aliphatic hydroxyl groups is 1. The molecule has 2 atom stereocenters. The Morgan fingerprint density at radius 2 is 1.88 bits per heavy atom. The Morgan fingerprint density at radius 1 is 1.21 bits per heavy atom. The second-order valence-electron chi connectivity index (χ2n) is 5.97. The van der Waals surface area contributed by atoms with Crippen LogP contribution in [0.4, 0.5) is 13.2 Å². The van der Waals surface area contributed by atoms with Crippen LogP contribution < -0.4 is 5.32 Å². The molecule has 0 unspecified atom stereocenters. The van der Waals surface area contributed by atoms with Crippen LogP contribution in [0.5, 0.6) is 0 Å². The molecule has 24 heavy (non-hydrogen) atoms. The fraction of sp³-hybridized carbons (Fsp3) is 0.500. The van der Waals surface area contributed by atoms with E-state index in [-0.39, 0.29) is 24.8 Å². The summed E-state index contributed by atoms with van der Waals surface area (Å²) in [6, 6.07) is 4.56. The van der Waals surface area contributed by atoms with E-state index in [0.717, 1.165) is 37.8 Å². The van der Waals surface area contributed by atoms with Crippen LogP contribution in [-0.2, 0) is 11.0 Å². The number of halogens is 3. The maximum atomic E-state index is 12.4. The summed E-state index contributed by atoms with van der Waals surface area (Å²) in [6.07, 6.45) is -0.868. The van der Waals surface area contributed by atoms with Crippen molar-refractivity contribution in [2.24, 2.45) is 5.92 Å². The molecule has 2 N–H and O–H groups in total. The molecule has 1 aliphatic rings. The number of benzene rings is 1. The van der Waals surface area contributed by atoms with Crippen LogP contribution in [0.3, 0.4) is 0 Å². The summed E-state index contributed by atoms with van der Waals surface area (Å²) in [7, 11) is 0. The lowest BCUT2D eigenvalue weighted by atomic mass is 9.84. The van der Waals surface area contributed by atoms with E-state index >= 15 is 0 Å². The van der Waals surface area contributed by atoms with Crippen molar-refractivity contribution in [3.05, 3.63) is 35.4 Å². The minimum absolute atomic E-state index is 0.00150. The van der Waals surface area contributed by atoms with Gasteiger partial charge in [-0.15, -0.1) is 0 Å². The van der Waals surface area contributed by atoms with E-state index in [1.165, 1.54) is 12.1 Å². The van der Waals surface area contributed by atoms with E-state index in [2.05, 4.69) is 17.2 Å². The molecule has 0 saturated heterocycles. The average Bonchev–Trinajstić information content (AvgIpc) is 2.53. The van der Waals surface area contributed by atoms with Crippen molar-refractivity contribution < 1.29 is 23.1 Å². The van der Waals surface area contributed by atoms with E-state index in [1.807, 2.05) is 0 Å². The number of nitrogens with one attached hydrogen (secondary N) is 1. The summed E-state index contributed by atoms with van der Waals surface area (Å²) in [5.74, 6) is 5.26. The summed E-state index contributed by atoms with van der Waals surface area (Å²) in [4.78, 5) is 11.8. The van der Waals surface area contributed by atoms with E-state index in [9.17, 15) is 23.1 Å². The first-order chi connectivity index (χ1) is 11.4. The van der Waals surface area contributed by atoms with Crippen molar-refractivity contribution >= 4 is 5.91 Å². The highest BCUT2D eigenvalue weighted by molar-refractivity contribution is 5.76. The fourth-order valence-electron chi connectivity index (χ4n) is 2.77. The van der Waals surface area contributed by atoms with Crippen LogP contribution in [-0.4, -0.2) is 23.7 Å². The minimum atomic E-state index is -4.36. The molecular weight excluding hydrogens is 319 g/mol. The molecule has 0 aromatic heterocycles. The van der Waals surface area contributed by atoms with Gasteiger partial charge >= 0.3 is 6.18 Å². The summed E-state index contributed by atoms with van der Waals surface area (Å²) >= 11 is 0. The second kappa shape index (κ2) is 8.20. The van der Waals surface area contributed by atoms with E-state index in [4.69, 9.17) is 0 Å². The lowest BCUT2D eigenvalue weighted by Gasteiger charge is -2.26. The standard InChI is InChI=1S/C18H20F3NO2/c19-18(20,21)15-9-7-13(8-10-15)4-3-11-22-17(24)12-14-5-1-2-6-16(14)23/h7-10,14,16,23H,1-2,5-6,11-12H2,(H,22,24)/t14-,16+/m1/s1. The number of hydrogen-bond donors (Lipinski definition) is 2. The first-order valence-corrected chi connectivity index (χ1v) is 7.97. The average molecular weight is 339 g/mol. The molecule has 1 fully saturated rings. The normalized spacial score (nSPS) is 20.8. The van der Waals surface area contributed by atoms with Crippen LogP contribution in [0, 0.1) is 17.8 Å². The molecule has 130 valence electrons. The molecule has 1 aromatic rings. The Morgan fingerprint density at radius 3 is 2.50 bits per heavy atom. The van der Waals surface area contributed by atoms with Gasteiger partial charge in [-0.1, -0.05) is 24.7 Å². The Hall–Kier alpha value is -2.00. The molecule has 1 aromatic carbocycles. The van der Waals surface area contributed by atoms with Gasteiger partial charge in [0.25, 0.3) is 0 Å². The quantitative estimate of drug-likeness (QED) is 0.832. The van der Waals surface area contributed by atoms with Gasteiger partial charge < -0.3 is 10.4 Å². The van der Waals surface area contributed by atoms with Gasteiger partial charge in [0.1, 0.15) is 0 Å².